The van der Waals surface area contributed by atoms with E-state index >= 15 is 0 Å². The Hall–Kier alpha value is -1.63. The van der Waals surface area contributed by atoms with Crippen LogP contribution in [-0.4, -0.2) is 124 Å². The highest BCUT2D eigenvalue weighted by molar-refractivity contribution is 6.32. The normalized spacial score (nSPS) is 10.5. The minimum absolute atomic E-state index is 0.0694. The zero-order valence-corrected chi connectivity index (χ0v) is 14.8. The summed E-state index contributed by atoms with van der Waals surface area (Å²) >= 11 is 0. The lowest BCUT2D eigenvalue weighted by atomic mass is 10.2. The molecule has 0 bridgehead atoms. The van der Waals surface area contributed by atoms with Crippen molar-refractivity contribution in [2.45, 2.75) is 12.8 Å². The van der Waals surface area contributed by atoms with Gasteiger partial charge in [0.25, 0.3) is 0 Å². The van der Waals surface area contributed by atoms with Crippen LogP contribution in [0, 0.1) is 0 Å². The highest BCUT2D eigenvalue weighted by Crippen LogP contribution is 1.92. The van der Waals surface area contributed by atoms with Crippen LogP contribution in [0.15, 0.2) is 0 Å². The number of carbonyl (C=O) groups is 3. The van der Waals surface area contributed by atoms with Crippen LogP contribution in [0.25, 0.3) is 0 Å². The summed E-state index contributed by atoms with van der Waals surface area (Å²) < 4.78 is 0. The average molecular weight is 382 g/mol. The van der Waals surface area contributed by atoms with Crippen LogP contribution in [0.3, 0.4) is 0 Å². The number of carboxylic acids is 2. The molecular weight excluding hydrogens is 352 g/mol. The van der Waals surface area contributed by atoms with Gasteiger partial charge in [-0.2, -0.15) is 0 Å². The first-order valence-electron chi connectivity index (χ1n) is 8.18. The molecule has 0 heterocycles. The molecule has 11 heteroatoms. The van der Waals surface area contributed by atoms with Crippen molar-refractivity contribution in [2.75, 3.05) is 65.7 Å². The van der Waals surface area contributed by atoms with Crippen molar-refractivity contribution in [3.8, 4) is 0 Å². The van der Waals surface area contributed by atoms with E-state index in [9.17, 15) is 14.4 Å². The molecule has 0 amide bonds. The number of aliphatic carboxylic acids is 2. The van der Waals surface area contributed by atoms with E-state index in [0.717, 1.165) is 0 Å². The summed E-state index contributed by atoms with van der Waals surface area (Å²) in [6.07, 6.45) is -0.865. The largest absolute Gasteiger partial charge is 0.481 e. The highest BCUT2D eigenvalue weighted by Gasteiger charge is 2.12. The smallest absolute Gasteiger partial charge is 0.372 e. The lowest BCUT2D eigenvalue weighted by Crippen LogP contribution is -2.40. The first kappa shape index (κ1) is 26.6. The third kappa shape index (κ3) is 17.2. The van der Waals surface area contributed by atoms with Gasteiger partial charge in [-0.05, 0) is 0 Å². The van der Waals surface area contributed by atoms with Crippen LogP contribution < -0.4 is 0 Å². The molecule has 0 unspecified atom stereocenters. The Morgan fingerprint density at radius 3 is 1.15 bits per heavy atom. The topological polar surface area (TPSA) is 179 Å². The fourth-order valence-electron chi connectivity index (χ4n) is 1.85. The molecule has 0 atom stereocenters. The molecule has 0 aliphatic heterocycles. The van der Waals surface area contributed by atoms with Crippen molar-refractivity contribution in [1.82, 2.24) is 9.80 Å². The summed E-state index contributed by atoms with van der Waals surface area (Å²) in [7, 11) is 0. The predicted molar refractivity (Wildman–Crippen MR) is 90.7 cm³/mol. The summed E-state index contributed by atoms with van der Waals surface area (Å²) in [6.45, 7) is 3.83. The van der Waals surface area contributed by atoms with Crippen LogP contribution in [0.1, 0.15) is 12.8 Å². The summed E-state index contributed by atoms with van der Waals surface area (Å²) in [5.74, 6) is -3.82. The maximum absolute atomic E-state index is 10.2. The van der Waals surface area contributed by atoms with Crippen LogP contribution in [0.2, 0.25) is 0 Å². The standard InChI is InChI=1S/C10H24N2O4.C5H6O5/c13-7-3-11(4-8-14)1-2-12(5-9-15)6-10-16;6-3(5(9)10)1-2-4(7)8/h13-16H,1-10H2;1-2H2,(H,7,8)(H,9,10). The number of Topliss-reactive ketones (excluding diaryl/α,β-unsaturated/α-hetero) is 1. The second-order valence-corrected chi connectivity index (χ2v) is 5.20. The Labute approximate surface area is 152 Å². The van der Waals surface area contributed by atoms with Gasteiger partial charge in [0.1, 0.15) is 0 Å². The minimum atomic E-state index is -1.58. The van der Waals surface area contributed by atoms with E-state index < -0.39 is 30.6 Å². The van der Waals surface area contributed by atoms with E-state index in [0.29, 0.717) is 39.3 Å². The van der Waals surface area contributed by atoms with E-state index in [2.05, 4.69) is 0 Å². The van der Waals surface area contributed by atoms with Gasteiger partial charge in [-0.1, -0.05) is 0 Å². The molecule has 0 spiro atoms. The molecule has 0 aromatic rings. The molecule has 0 aliphatic carbocycles. The van der Waals surface area contributed by atoms with Gasteiger partial charge in [0, 0.05) is 45.7 Å². The van der Waals surface area contributed by atoms with Crippen molar-refractivity contribution in [2.24, 2.45) is 0 Å². The van der Waals surface area contributed by atoms with Crippen molar-refractivity contribution in [3.05, 3.63) is 0 Å². The van der Waals surface area contributed by atoms with Crippen molar-refractivity contribution in [3.63, 3.8) is 0 Å². The third-order valence-electron chi connectivity index (χ3n) is 3.20. The molecule has 0 rings (SSSR count). The Balaban J connectivity index is 0. The second kappa shape index (κ2) is 18.2. The number of carboxylic acid groups (broad SMARTS) is 2. The molecule has 11 nitrogen and oxygen atoms in total. The molecule has 26 heavy (non-hydrogen) atoms. The highest BCUT2D eigenvalue weighted by atomic mass is 16.4. The molecule has 0 saturated carbocycles. The Morgan fingerprint density at radius 2 is 0.923 bits per heavy atom. The molecule has 0 saturated heterocycles. The summed E-state index contributed by atoms with van der Waals surface area (Å²) in [5, 5.41) is 51.2. The Morgan fingerprint density at radius 1 is 0.577 bits per heavy atom. The first-order valence-corrected chi connectivity index (χ1v) is 8.18. The van der Waals surface area contributed by atoms with Gasteiger partial charge >= 0.3 is 11.9 Å². The molecule has 154 valence electrons. The zero-order valence-electron chi connectivity index (χ0n) is 14.8. The average Bonchev–Trinajstić information content (AvgIpc) is 2.58. The molecular formula is C15H30N2O9. The second-order valence-electron chi connectivity index (χ2n) is 5.20. The SMILES string of the molecule is O=C(O)CCC(=O)C(=O)O.OCCN(CCO)CCN(CCO)CCO. The third-order valence-corrected chi connectivity index (χ3v) is 3.20. The van der Waals surface area contributed by atoms with Crippen molar-refractivity contribution >= 4 is 17.7 Å². The number of rotatable bonds is 15. The maximum Gasteiger partial charge on any atom is 0.372 e. The summed E-state index contributed by atoms with van der Waals surface area (Å²) in [4.78, 5) is 33.6. The first-order chi connectivity index (χ1) is 12.3. The van der Waals surface area contributed by atoms with Crippen LogP contribution >= 0.6 is 0 Å². The van der Waals surface area contributed by atoms with Gasteiger partial charge in [-0.3, -0.25) is 19.4 Å². The number of carbonyl (C=O) groups excluding carboxylic acids is 1. The van der Waals surface area contributed by atoms with Crippen molar-refractivity contribution in [1.29, 1.82) is 0 Å². The van der Waals surface area contributed by atoms with Gasteiger partial charge in [0.05, 0.1) is 32.8 Å². The van der Waals surface area contributed by atoms with Gasteiger partial charge < -0.3 is 30.6 Å². The number of ketones is 1. The van der Waals surface area contributed by atoms with Crippen LogP contribution in [0.4, 0.5) is 0 Å². The predicted octanol–water partition coefficient (Wildman–Crippen LogP) is -2.94. The number of hydrogen-bond acceptors (Lipinski definition) is 9. The Bertz CT molecular complexity index is 365. The quantitative estimate of drug-likeness (QED) is 0.160. The monoisotopic (exact) mass is 382 g/mol. The number of hydrogen-bond donors (Lipinski definition) is 6. The van der Waals surface area contributed by atoms with Gasteiger partial charge in [0.2, 0.25) is 5.78 Å². The molecule has 0 aliphatic rings. The maximum atomic E-state index is 10.2. The van der Waals surface area contributed by atoms with Gasteiger partial charge in [-0.15, -0.1) is 0 Å². The summed E-state index contributed by atoms with van der Waals surface area (Å²) in [6, 6.07) is 0. The number of nitrogens with zero attached hydrogens (tertiary/aromatic N) is 2. The summed E-state index contributed by atoms with van der Waals surface area (Å²) in [5.41, 5.74) is 0. The Kier molecular flexibility index (Phi) is 18.6. The fourth-order valence-corrected chi connectivity index (χ4v) is 1.85. The molecule has 0 aromatic carbocycles. The molecule has 0 fully saturated rings. The minimum Gasteiger partial charge on any atom is -0.481 e. The van der Waals surface area contributed by atoms with Gasteiger partial charge in [0.15, 0.2) is 0 Å². The van der Waals surface area contributed by atoms with Crippen LogP contribution in [0.5, 0.6) is 0 Å². The van der Waals surface area contributed by atoms with E-state index in [1.54, 1.807) is 0 Å². The van der Waals surface area contributed by atoms with Crippen LogP contribution in [-0.2, 0) is 14.4 Å². The lowest BCUT2D eigenvalue weighted by Gasteiger charge is -2.25. The van der Waals surface area contributed by atoms with Crippen molar-refractivity contribution < 1.29 is 45.0 Å². The van der Waals surface area contributed by atoms with E-state index in [1.807, 2.05) is 9.80 Å². The molecule has 0 aromatic heterocycles. The molecule has 6 N–H and O–H groups in total. The molecule has 0 radical (unpaired) electrons. The number of aliphatic hydroxyl groups excluding tert-OH is 4. The van der Waals surface area contributed by atoms with E-state index in [4.69, 9.17) is 30.6 Å². The fraction of sp³-hybridized carbons (Fsp3) is 0.800. The van der Waals surface area contributed by atoms with E-state index in [1.165, 1.54) is 0 Å². The zero-order chi connectivity index (χ0) is 20.4. The lowest BCUT2D eigenvalue weighted by molar-refractivity contribution is -0.149. The number of aliphatic hydroxyl groups is 4. The van der Waals surface area contributed by atoms with E-state index in [-0.39, 0.29) is 26.4 Å². The van der Waals surface area contributed by atoms with Gasteiger partial charge in [-0.25, -0.2) is 4.79 Å².